The monoisotopic (exact) mass is 490 g/mol. The van der Waals surface area contributed by atoms with Crippen molar-refractivity contribution in [1.29, 1.82) is 0 Å². The van der Waals surface area contributed by atoms with Crippen LogP contribution in [0, 0.1) is 6.92 Å². The van der Waals surface area contributed by atoms with Crippen LogP contribution in [0.2, 0.25) is 0 Å². The fourth-order valence-corrected chi connectivity index (χ4v) is 3.71. The molecule has 0 spiro atoms. The normalized spacial score (nSPS) is 11.6. The van der Waals surface area contributed by atoms with Crippen molar-refractivity contribution in [2.24, 2.45) is 0 Å². The first-order valence-electron chi connectivity index (χ1n) is 11.6. The third-order valence-electron chi connectivity index (χ3n) is 5.71. The minimum absolute atomic E-state index is 0.368. The van der Waals surface area contributed by atoms with Crippen molar-refractivity contribution in [3.8, 4) is 17.2 Å². The molecule has 0 unspecified atom stereocenters. The molecule has 0 aliphatic rings. The number of carboxylic acid groups (broad SMARTS) is 1. The van der Waals surface area contributed by atoms with Gasteiger partial charge in [-0.05, 0) is 62.7 Å². The lowest BCUT2D eigenvalue weighted by atomic mass is 10.1. The van der Waals surface area contributed by atoms with E-state index in [-0.39, 0.29) is 0 Å². The maximum atomic E-state index is 11.5. The van der Waals surface area contributed by atoms with Crippen LogP contribution in [0.4, 0.5) is 0 Å². The van der Waals surface area contributed by atoms with Gasteiger partial charge >= 0.3 is 5.97 Å². The second-order valence-corrected chi connectivity index (χ2v) is 8.98. The number of carbonyl (C=O) groups is 1. The van der Waals surface area contributed by atoms with Gasteiger partial charge in [-0.2, -0.15) is 15.0 Å². The number of carboxylic acids is 1. The molecule has 4 rings (SSSR count). The summed E-state index contributed by atoms with van der Waals surface area (Å²) >= 11 is 0. The van der Waals surface area contributed by atoms with Crippen molar-refractivity contribution in [3.63, 3.8) is 0 Å². The number of aromatic nitrogens is 3. The van der Waals surface area contributed by atoms with Crippen molar-refractivity contribution >= 4 is 5.97 Å². The zero-order valence-electron chi connectivity index (χ0n) is 20.8. The zero-order valence-corrected chi connectivity index (χ0v) is 20.8. The largest absolute Gasteiger partial charge is 0.493 e. The van der Waals surface area contributed by atoms with E-state index in [0.717, 1.165) is 28.4 Å². The molecule has 2 heterocycles. The Labute approximate surface area is 209 Å². The quantitative estimate of drug-likeness (QED) is 0.325. The van der Waals surface area contributed by atoms with Crippen LogP contribution in [0.3, 0.4) is 0 Å². The third-order valence-corrected chi connectivity index (χ3v) is 5.71. The van der Waals surface area contributed by atoms with Gasteiger partial charge in [-0.25, -0.2) is 4.79 Å². The predicted molar refractivity (Wildman–Crippen MR) is 133 cm³/mol. The van der Waals surface area contributed by atoms with Gasteiger partial charge in [0.25, 0.3) is 0 Å². The average Bonchev–Trinajstić information content (AvgIpc) is 3.50. The van der Waals surface area contributed by atoms with Crippen molar-refractivity contribution in [3.05, 3.63) is 89.6 Å². The van der Waals surface area contributed by atoms with Crippen LogP contribution in [0.15, 0.2) is 71.3 Å². The van der Waals surface area contributed by atoms with E-state index in [1.165, 1.54) is 21.0 Å². The minimum Gasteiger partial charge on any atom is -0.493 e. The molecule has 9 nitrogen and oxygen atoms in total. The Morgan fingerprint density at radius 3 is 2.47 bits per heavy atom. The van der Waals surface area contributed by atoms with Gasteiger partial charge in [-0.3, -0.25) is 4.90 Å². The van der Waals surface area contributed by atoms with Gasteiger partial charge in [-0.1, -0.05) is 24.3 Å². The molecule has 2 aromatic carbocycles. The van der Waals surface area contributed by atoms with Crippen LogP contribution in [-0.2, 0) is 24.4 Å². The summed E-state index contributed by atoms with van der Waals surface area (Å²) in [6, 6.07) is 19.1. The van der Waals surface area contributed by atoms with Gasteiger partial charge in [0, 0.05) is 13.1 Å². The second-order valence-electron chi connectivity index (χ2n) is 8.98. The topological polar surface area (TPSA) is 103 Å². The fraction of sp³-hybridized carbons (Fsp3) is 0.296. The maximum Gasteiger partial charge on any atom is 0.347 e. The molecule has 1 N–H and O–H groups in total. The van der Waals surface area contributed by atoms with Gasteiger partial charge in [0.05, 0.1) is 31.3 Å². The van der Waals surface area contributed by atoms with Crippen LogP contribution in [0.1, 0.15) is 36.6 Å². The predicted octanol–water partition coefficient (Wildman–Crippen LogP) is 4.62. The molecule has 0 aliphatic heterocycles. The molecule has 0 aliphatic carbocycles. The second kappa shape index (κ2) is 10.7. The summed E-state index contributed by atoms with van der Waals surface area (Å²) in [6.07, 6.45) is 1.66. The fourth-order valence-electron chi connectivity index (χ4n) is 3.71. The van der Waals surface area contributed by atoms with Gasteiger partial charge in [0.15, 0.2) is 17.1 Å². The number of aliphatic carboxylic acids is 1. The number of ether oxygens (including phenoxy) is 2. The first-order chi connectivity index (χ1) is 17.2. The summed E-state index contributed by atoms with van der Waals surface area (Å²) in [6.45, 7) is 6.63. The lowest BCUT2D eigenvalue weighted by molar-refractivity contribution is -0.152. The number of benzene rings is 2. The molecule has 188 valence electrons. The summed E-state index contributed by atoms with van der Waals surface area (Å²) in [4.78, 5) is 15.3. The highest BCUT2D eigenvalue weighted by Crippen LogP contribution is 2.32. The molecule has 0 saturated carbocycles. The number of nitrogens with zero attached hydrogens (tertiary/aromatic N) is 4. The molecule has 4 aromatic rings. The van der Waals surface area contributed by atoms with Gasteiger partial charge in [-0.15, -0.1) is 0 Å². The number of rotatable bonds is 11. The van der Waals surface area contributed by atoms with E-state index in [4.69, 9.17) is 19.0 Å². The lowest BCUT2D eigenvalue weighted by Gasteiger charge is -2.24. The van der Waals surface area contributed by atoms with E-state index >= 15 is 0 Å². The Hall–Kier alpha value is -4.11. The Morgan fingerprint density at radius 2 is 1.81 bits per heavy atom. The van der Waals surface area contributed by atoms with Gasteiger partial charge in [0.1, 0.15) is 11.5 Å². The highest BCUT2D eigenvalue weighted by molar-refractivity contribution is 5.77. The first-order valence-corrected chi connectivity index (χ1v) is 11.6. The summed E-state index contributed by atoms with van der Waals surface area (Å²) in [5, 5.41) is 18.7. The molecule has 9 heteroatoms. The average molecular weight is 491 g/mol. The Balaban J connectivity index is 1.57. The number of methoxy groups -OCH3 is 1. The summed E-state index contributed by atoms with van der Waals surface area (Å²) < 4.78 is 16.8. The molecule has 0 saturated heterocycles. The molecule has 2 aromatic heterocycles. The maximum absolute atomic E-state index is 11.5. The molecule has 36 heavy (non-hydrogen) atoms. The van der Waals surface area contributed by atoms with E-state index in [9.17, 15) is 9.90 Å². The SMILES string of the molecule is COc1cc(CN(Cc2ccco2)Cc2nn(-c3ccccc3)nc2C)ccc1OC(C)(C)C(=O)O. The van der Waals surface area contributed by atoms with E-state index in [1.807, 2.05) is 61.5 Å². The zero-order chi connectivity index (χ0) is 25.7. The number of hydrogen-bond acceptors (Lipinski definition) is 7. The molecule has 0 atom stereocenters. The summed E-state index contributed by atoms with van der Waals surface area (Å²) in [7, 11) is 1.53. The Morgan fingerprint density at radius 1 is 1.03 bits per heavy atom. The summed E-state index contributed by atoms with van der Waals surface area (Å²) in [5.74, 6) is 0.606. The molecule has 0 radical (unpaired) electrons. The number of hydrogen-bond donors (Lipinski definition) is 1. The third kappa shape index (κ3) is 5.92. The van der Waals surface area contributed by atoms with Crippen LogP contribution in [0.25, 0.3) is 5.69 Å². The van der Waals surface area contributed by atoms with Crippen LogP contribution in [-0.4, -0.2) is 43.7 Å². The van der Waals surface area contributed by atoms with Crippen molar-refractivity contribution in [1.82, 2.24) is 19.9 Å². The van der Waals surface area contributed by atoms with Crippen molar-refractivity contribution in [2.75, 3.05) is 7.11 Å². The molecule has 0 bridgehead atoms. The molecular weight excluding hydrogens is 460 g/mol. The smallest absolute Gasteiger partial charge is 0.347 e. The van der Waals surface area contributed by atoms with E-state index in [0.29, 0.717) is 31.1 Å². The lowest BCUT2D eigenvalue weighted by Crippen LogP contribution is -2.38. The number of furan rings is 1. The molecule has 0 amide bonds. The highest BCUT2D eigenvalue weighted by atomic mass is 16.5. The van der Waals surface area contributed by atoms with Crippen LogP contribution in [0.5, 0.6) is 11.5 Å². The number of aryl methyl sites for hydroxylation is 1. The van der Waals surface area contributed by atoms with Crippen LogP contribution >= 0.6 is 0 Å². The summed E-state index contributed by atoms with van der Waals surface area (Å²) in [5.41, 5.74) is 2.18. The van der Waals surface area contributed by atoms with Gasteiger partial charge < -0.3 is 19.0 Å². The minimum atomic E-state index is -1.39. The Bertz CT molecular complexity index is 1300. The van der Waals surface area contributed by atoms with Crippen LogP contribution < -0.4 is 9.47 Å². The highest BCUT2D eigenvalue weighted by Gasteiger charge is 2.30. The first kappa shape index (κ1) is 25.0. The standard InChI is InChI=1S/C27H30N4O5/c1-19-23(29-31(28-19)21-9-6-5-7-10-21)18-30(17-22-11-8-14-35-22)16-20-12-13-24(25(15-20)34-4)36-27(2,3)26(32)33/h5-15H,16-18H2,1-4H3,(H,32,33). The molecular formula is C27H30N4O5. The van der Waals surface area contributed by atoms with E-state index in [1.54, 1.807) is 17.1 Å². The molecule has 0 fully saturated rings. The van der Waals surface area contributed by atoms with Gasteiger partial charge in [0.2, 0.25) is 0 Å². The Kier molecular flexibility index (Phi) is 7.40. The van der Waals surface area contributed by atoms with E-state index < -0.39 is 11.6 Å². The van der Waals surface area contributed by atoms with E-state index in [2.05, 4.69) is 10.00 Å². The number of para-hydroxylation sites is 1. The van der Waals surface area contributed by atoms with Crippen molar-refractivity contribution < 1.29 is 23.8 Å². The van der Waals surface area contributed by atoms with Crippen molar-refractivity contribution in [2.45, 2.75) is 46.0 Å².